The molecule has 0 aliphatic carbocycles. The van der Waals surface area contributed by atoms with E-state index in [0.717, 1.165) is 50.9 Å². The van der Waals surface area contributed by atoms with Crippen LogP contribution in [-0.2, 0) is 6.54 Å². The van der Waals surface area contributed by atoms with Crippen LogP contribution in [0, 0.1) is 5.92 Å². The molecule has 0 amide bonds. The minimum Gasteiger partial charge on any atom is -0.341 e. The second-order valence-electron chi connectivity index (χ2n) is 7.32. The predicted molar refractivity (Wildman–Crippen MR) is 93.8 cm³/mol. The lowest BCUT2D eigenvalue weighted by Gasteiger charge is -2.34. The van der Waals surface area contributed by atoms with Crippen molar-refractivity contribution < 1.29 is 0 Å². The number of aromatic nitrogens is 4. The molecule has 2 aromatic heterocycles. The van der Waals surface area contributed by atoms with Gasteiger partial charge < -0.3 is 10.2 Å². The maximum Gasteiger partial charge on any atom is 0.280 e. The van der Waals surface area contributed by atoms with E-state index < -0.39 is 0 Å². The summed E-state index contributed by atoms with van der Waals surface area (Å²) >= 11 is 0. The van der Waals surface area contributed by atoms with Gasteiger partial charge in [-0.2, -0.15) is 0 Å². The SMILES string of the molecule is CC(C)c1ncc2c(=O)n3c(nn12)N(CC1CCNCC1)CCC3. The molecule has 0 atom stereocenters. The third kappa shape index (κ3) is 2.60. The van der Waals surface area contributed by atoms with Crippen LogP contribution in [0.3, 0.4) is 0 Å². The maximum atomic E-state index is 12.9. The number of nitrogens with zero attached hydrogens (tertiary/aromatic N) is 5. The van der Waals surface area contributed by atoms with Crippen LogP contribution in [-0.4, -0.2) is 45.3 Å². The molecule has 130 valence electrons. The van der Waals surface area contributed by atoms with E-state index in [1.54, 1.807) is 10.7 Å². The van der Waals surface area contributed by atoms with Gasteiger partial charge in [-0.3, -0.25) is 9.36 Å². The van der Waals surface area contributed by atoms with Gasteiger partial charge in [0.2, 0.25) is 5.95 Å². The van der Waals surface area contributed by atoms with Crippen molar-refractivity contribution in [3.8, 4) is 0 Å². The van der Waals surface area contributed by atoms with Crippen LogP contribution in [0.15, 0.2) is 11.0 Å². The highest BCUT2D eigenvalue weighted by Gasteiger charge is 2.26. The molecule has 2 aliphatic heterocycles. The van der Waals surface area contributed by atoms with E-state index in [0.29, 0.717) is 11.4 Å². The third-order valence-electron chi connectivity index (χ3n) is 5.21. The Morgan fingerprint density at radius 3 is 2.83 bits per heavy atom. The molecule has 0 saturated carbocycles. The molecule has 0 bridgehead atoms. The number of piperidine rings is 1. The van der Waals surface area contributed by atoms with E-state index in [1.165, 1.54) is 12.8 Å². The fourth-order valence-electron chi connectivity index (χ4n) is 3.88. The second kappa shape index (κ2) is 6.20. The molecular weight excluding hydrogens is 304 g/mol. The molecule has 24 heavy (non-hydrogen) atoms. The topological polar surface area (TPSA) is 67.5 Å². The molecular formula is C17H26N6O. The van der Waals surface area contributed by atoms with Crippen LogP contribution in [0.2, 0.25) is 0 Å². The van der Waals surface area contributed by atoms with Crippen LogP contribution in [0.25, 0.3) is 5.52 Å². The first-order valence-electron chi connectivity index (χ1n) is 9.09. The van der Waals surface area contributed by atoms with Gasteiger partial charge in [-0.25, -0.2) is 9.50 Å². The zero-order chi connectivity index (χ0) is 16.7. The first kappa shape index (κ1) is 15.6. The first-order valence-corrected chi connectivity index (χ1v) is 9.09. The molecule has 1 saturated heterocycles. The van der Waals surface area contributed by atoms with Crippen molar-refractivity contribution in [1.29, 1.82) is 0 Å². The number of rotatable bonds is 3. The minimum absolute atomic E-state index is 0.0365. The lowest BCUT2D eigenvalue weighted by molar-refractivity contribution is 0.362. The lowest BCUT2D eigenvalue weighted by atomic mass is 9.97. The highest BCUT2D eigenvalue weighted by molar-refractivity contribution is 5.47. The van der Waals surface area contributed by atoms with E-state index in [1.807, 2.05) is 4.57 Å². The van der Waals surface area contributed by atoms with Gasteiger partial charge >= 0.3 is 0 Å². The smallest absolute Gasteiger partial charge is 0.280 e. The van der Waals surface area contributed by atoms with Crippen molar-refractivity contribution >= 4 is 11.5 Å². The summed E-state index contributed by atoms with van der Waals surface area (Å²) in [5.41, 5.74) is 0.626. The molecule has 2 aliphatic rings. The number of anilines is 1. The summed E-state index contributed by atoms with van der Waals surface area (Å²) in [6.07, 6.45) is 5.07. The fraction of sp³-hybridized carbons (Fsp3) is 0.706. The summed E-state index contributed by atoms with van der Waals surface area (Å²) in [5, 5.41) is 8.25. The number of nitrogens with one attached hydrogen (secondary N) is 1. The van der Waals surface area contributed by atoms with E-state index >= 15 is 0 Å². The van der Waals surface area contributed by atoms with Gasteiger partial charge in [0.15, 0.2) is 5.52 Å². The van der Waals surface area contributed by atoms with Crippen molar-refractivity contribution in [2.24, 2.45) is 5.92 Å². The Balaban J connectivity index is 1.75. The summed E-state index contributed by atoms with van der Waals surface area (Å²) in [5.74, 6) is 2.59. The van der Waals surface area contributed by atoms with E-state index in [4.69, 9.17) is 5.10 Å². The minimum atomic E-state index is 0.0365. The Kier molecular flexibility index (Phi) is 4.04. The van der Waals surface area contributed by atoms with Crippen LogP contribution in [0.1, 0.15) is 44.9 Å². The van der Waals surface area contributed by atoms with E-state index in [2.05, 4.69) is 29.0 Å². The van der Waals surface area contributed by atoms with Crippen LogP contribution in [0.4, 0.5) is 5.95 Å². The van der Waals surface area contributed by atoms with Gasteiger partial charge in [0, 0.05) is 25.6 Å². The number of fused-ring (bicyclic) bond motifs is 2. The Morgan fingerprint density at radius 2 is 2.08 bits per heavy atom. The predicted octanol–water partition coefficient (Wildman–Crippen LogP) is 1.22. The van der Waals surface area contributed by atoms with Crippen molar-refractivity contribution in [2.45, 2.75) is 45.6 Å². The molecule has 4 rings (SSSR count). The molecule has 0 aromatic carbocycles. The molecule has 7 nitrogen and oxygen atoms in total. The normalized spacial score (nSPS) is 19.2. The van der Waals surface area contributed by atoms with Crippen molar-refractivity contribution in [3.63, 3.8) is 0 Å². The molecule has 4 heterocycles. The van der Waals surface area contributed by atoms with Crippen LogP contribution in [0.5, 0.6) is 0 Å². The zero-order valence-electron chi connectivity index (χ0n) is 14.5. The largest absolute Gasteiger partial charge is 0.341 e. The van der Waals surface area contributed by atoms with Crippen molar-refractivity contribution in [1.82, 2.24) is 24.5 Å². The molecule has 1 N–H and O–H groups in total. The molecule has 0 spiro atoms. The highest BCUT2D eigenvalue weighted by atomic mass is 16.1. The zero-order valence-corrected chi connectivity index (χ0v) is 14.5. The fourth-order valence-corrected chi connectivity index (χ4v) is 3.88. The number of imidazole rings is 1. The van der Waals surface area contributed by atoms with Crippen LogP contribution >= 0.6 is 0 Å². The number of hydrogen-bond acceptors (Lipinski definition) is 5. The first-order chi connectivity index (χ1) is 11.6. The van der Waals surface area contributed by atoms with E-state index in [-0.39, 0.29) is 11.5 Å². The summed E-state index contributed by atoms with van der Waals surface area (Å²) in [6, 6.07) is 0. The van der Waals surface area contributed by atoms with Gasteiger partial charge in [-0.1, -0.05) is 13.8 Å². The molecule has 0 unspecified atom stereocenters. The Bertz CT molecular complexity index is 786. The summed E-state index contributed by atoms with van der Waals surface area (Å²) in [4.78, 5) is 19.6. The molecule has 1 fully saturated rings. The monoisotopic (exact) mass is 330 g/mol. The van der Waals surface area contributed by atoms with Gasteiger partial charge in [-0.15, -0.1) is 5.10 Å². The Morgan fingerprint density at radius 1 is 1.29 bits per heavy atom. The molecule has 2 aromatic rings. The van der Waals surface area contributed by atoms with Gasteiger partial charge in [0.25, 0.3) is 5.56 Å². The second-order valence-corrected chi connectivity index (χ2v) is 7.32. The van der Waals surface area contributed by atoms with E-state index in [9.17, 15) is 4.79 Å². The highest BCUT2D eigenvalue weighted by Crippen LogP contribution is 2.22. The average molecular weight is 330 g/mol. The lowest BCUT2D eigenvalue weighted by Crippen LogP contribution is -2.43. The number of hydrogen-bond donors (Lipinski definition) is 1. The van der Waals surface area contributed by atoms with Crippen molar-refractivity contribution in [3.05, 3.63) is 22.4 Å². The summed E-state index contributed by atoms with van der Waals surface area (Å²) in [6.45, 7) is 9.08. The summed E-state index contributed by atoms with van der Waals surface area (Å²) < 4.78 is 3.60. The van der Waals surface area contributed by atoms with Crippen molar-refractivity contribution in [2.75, 3.05) is 31.1 Å². The Hall–Kier alpha value is -1.89. The molecule has 7 heteroatoms. The quantitative estimate of drug-likeness (QED) is 0.917. The standard InChI is InChI=1S/C17H26N6O/c1-12(2)15-19-10-14-16(24)22-9-3-8-21(17(22)20-23(14)15)11-13-4-6-18-7-5-13/h10,12-13,18H,3-9,11H2,1-2H3. The van der Waals surface area contributed by atoms with Crippen LogP contribution < -0.4 is 15.8 Å². The maximum absolute atomic E-state index is 12.9. The average Bonchev–Trinajstić information content (AvgIpc) is 3.01. The third-order valence-corrected chi connectivity index (χ3v) is 5.21. The van der Waals surface area contributed by atoms with Gasteiger partial charge in [0.1, 0.15) is 5.82 Å². The van der Waals surface area contributed by atoms with Gasteiger partial charge in [0.05, 0.1) is 6.20 Å². The Labute approximate surface area is 141 Å². The van der Waals surface area contributed by atoms with Gasteiger partial charge in [-0.05, 0) is 38.3 Å². The summed E-state index contributed by atoms with van der Waals surface area (Å²) in [7, 11) is 0. The molecule has 0 radical (unpaired) electrons.